The SMILES string of the molecule is CC(C)C[C@H]([NH3+])c1n[nH]c(=S)n1N. The van der Waals surface area contributed by atoms with Gasteiger partial charge in [-0.25, -0.2) is 9.77 Å². The quantitative estimate of drug-likeness (QED) is 0.475. The van der Waals surface area contributed by atoms with Crippen molar-refractivity contribution in [3.05, 3.63) is 10.6 Å². The maximum Gasteiger partial charge on any atom is 0.214 e. The molecule has 0 aliphatic heterocycles. The lowest BCUT2D eigenvalue weighted by Crippen LogP contribution is -2.55. The van der Waals surface area contributed by atoms with Crippen molar-refractivity contribution in [1.29, 1.82) is 0 Å². The molecule has 0 aliphatic carbocycles. The average Bonchev–Trinajstić information content (AvgIpc) is 2.31. The molecule has 5 nitrogen and oxygen atoms in total. The largest absolute Gasteiger partial charge is 0.349 e. The van der Waals surface area contributed by atoms with Crippen LogP contribution in [0.3, 0.4) is 0 Å². The molecule has 6 N–H and O–H groups in total. The molecule has 1 heterocycles. The Labute approximate surface area is 82.1 Å². The third kappa shape index (κ3) is 2.28. The van der Waals surface area contributed by atoms with E-state index in [0.717, 1.165) is 12.2 Å². The van der Waals surface area contributed by atoms with Crippen molar-refractivity contribution in [3.63, 3.8) is 0 Å². The fraction of sp³-hybridized carbons (Fsp3) is 0.714. The second kappa shape index (κ2) is 3.89. The predicted octanol–water partition coefficient (Wildman–Crippen LogP) is -0.0164. The molecule has 1 rings (SSSR count). The first-order valence-electron chi connectivity index (χ1n) is 4.27. The highest BCUT2D eigenvalue weighted by Crippen LogP contribution is 2.13. The summed E-state index contributed by atoms with van der Waals surface area (Å²) in [5, 5.41) is 6.67. The second-order valence-corrected chi connectivity index (χ2v) is 3.97. The monoisotopic (exact) mass is 202 g/mol. The van der Waals surface area contributed by atoms with Crippen molar-refractivity contribution in [2.24, 2.45) is 5.92 Å². The number of quaternary nitrogens is 1. The Morgan fingerprint density at radius 1 is 1.69 bits per heavy atom. The molecule has 74 valence electrons. The van der Waals surface area contributed by atoms with Crippen LogP contribution in [0, 0.1) is 10.7 Å². The minimum absolute atomic E-state index is 0.0953. The fourth-order valence-electron chi connectivity index (χ4n) is 1.28. The van der Waals surface area contributed by atoms with E-state index in [1.165, 1.54) is 4.68 Å². The number of nitrogens with two attached hydrogens (primary N) is 1. The highest BCUT2D eigenvalue weighted by Gasteiger charge is 2.17. The van der Waals surface area contributed by atoms with E-state index in [1.807, 2.05) is 0 Å². The Bertz CT molecular complexity index is 326. The average molecular weight is 202 g/mol. The van der Waals surface area contributed by atoms with Gasteiger partial charge < -0.3 is 11.6 Å². The van der Waals surface area contributed by atoms with E-state index in [2.05, 4.69) is 29.8 Å². The molecule has 1 aromatic rings. The zero-order chi connectivity index (χ0) is 10.0. The van der Waals surface area contributed by atoms with E-state index >= 15 is 0 Å². The van der Waals surface area contributed by atoms with E-state index < -0.39 is 0 Å². The molecule has 1 aromatic heterocycles. The van der Waals surface area contributed by atoms with Crippen LogP contribution >= 0.6 is 12.2 Å². The van der Waals surface area contributed by atoms with E-state index in [9.17, 15) is 0 Å². The predicted molar refractivity (Wildman–Crippen MR) is 52.6 cm³/mol. The molecule has 13 heavy (non-hydrogen) atoms. The molecule has 0 saturated heterocycles. The van der Waals surface area contributed by atoms with Gasteiger partial charge in [-0.2, -0.15) is 5.10 Å². The third-order valence-corrected chi connectivity index (χ3v) is 2.14. The Morgan fingerprint density at radius 2 is 2.31 bits per heavy atom. The summed E-state index contributed by atoms with van der Waals surface area (Å²) < 4.78 is 1.82. The number of H-pyrrole nitrogens is 1. The standard InChI is InChI=1S/C7H15N5S/c1-4(2)3-5(8)6-10-11-7(13)12(6)9/h4-5H,3,8-9H2,1-2H3,(H,11,13)/p+1/t5-/m0/s1. The molecule has 0 fully saturated rings. The number of rotatable bonds is 3. The molecule has 0 bridgehead atoms. The van der Waals surface area contributed by atoms with Gasteiger partial charge in [-0.1, -0.05) is 13.8 Å². The zero-order valence-electron chi connectivity index (χ0n) is 7.95. The van der Waals surface area contributed by atoms with Crippen LogP contribution < -0.4 is 11.6 Å². The number of nitrogens with zero attached hydrogens (tertiary/aromatic N) is 2. The van der Waals surface area contributed by atoms with Crippen LogP contribution in [0.2, 0.25) is 0 Å². The molecule has 0 aromatic carbocycles. The van der Waals surface area contributed by atoms with Crippen molar-refractivity contribution in [2.45, 2.75) is 26.3 Å². The van der Waals surface area contributed by atoms with E-state index in [1.54, 1.807) is 0 Å². The molecule has 0 spiro atoms. The van der Waals surface area contributed by atoms with Gasteiger partial charge in [0.05, 0.1) is 0 Å². The van der Waals surface area contributed by atoms with Crippen molar-refractivity contribution in [2.75, 3.05) is 5.84 Å². The fourth-order valence-corrected chi connectivity index (χ4v) is 1.42. The molecule has 0 saturated carbocycles. The minimum Gasteiger partial charge on any atom is -0.349 e. The minimum atomic E-state index is 0.0953. The highest BCUT2D eigenvalue weighted by molar-refractivity contribution is 7.71. The van der Waals surface area contributed by atoms with Gasteiger partial charge in [0.2, 0.25) is 10.6 Å². The van der Waals surface area contributed by atoms with Crippen LogP contribution in [0.15, 0.2) is 0 Å². The molecule has 0 amide bonds. The van der Waals surface area contributed by atoms with Gasteiger partial charge in [-0.15, -0.1) is 0 Å². The van der Waals surface area contributed by atoms with Crippen LogP contribution in [0.1, 0.15) is 32.1 Å². The summed E-state index contributed by atoms with van der Waals surface area (Å²) in [5.41, 5.74) is 3.99. The van der Waals surface area contributed by atoms with Gasteiger partial charge >= 0.3 is 0 Å². The van der Waals surface area contributed by atoms with Gasteiger partial charge in [-0.3, -0.25) is 0 Å². The van der Waals surface area contributed by atoms with Gasteiger partial charge in [-0.05, 0) is 18.1 Å². The maximum absolute atomic E-state index is 5.66. The molecule has 6 heteroatoms. The van der Waals surface area contributed by atoms with Crippen LogP contribution in [-0.4, -0.2) is 14.9 Å². The lowest BCUT2D eigenvalue weighted by Gasteiger charge is -2.09. The van der Waals surface area contributed by atoms with Crippen molar-refractivity contribution in [1.82, 2.24) is 14.9 Å². The van der Waals surface area contributed by atoms with Gasteiger partial charge in [0.25, 0.3) is 0 Å². The topological polar surface area (TPSA) is 87.3 Å². The smallest absolute Gasteiger partial charge is 0.214 e. The lowest BCUT2D eigenvalue weighted by atomic mass is 10.0. The summed E-state index contributed by atoms with van der Waals surface area (Å²) in [6.45, 7) is 4.28. The summed E-state index contributed by atoms with van der Waals surface area (Å²) >= 11 is 4.90. The van der Waals surface area contributed by atoms with Crippen LogP contribution in [-0.2, 0) is 0 Å². The summed E-state index contributed by atoms with van der Waals surface area (Å²) in [6, 6.07) is 0.0953. The molecule has 1 atom stereocenters. The van der Waals surface area contributed by atoms with Crippen LogP contribution in [0.4, 0.5) is 0 Å². The van der Waals surface area contributed by atoms with Crippen LogP contribution in [0.5, 0.6) is 0 Å². The first-order valence-corrected chi connectivity index (χ1v) is 4.68. The number of hydrogen-bond donors (Lipinski definition) is 3. The Balaban J connectivity index is 2.83. The number of aromatic nitrogens is 3. The first kappa shape index (κ1) is 10.2. The highest BCUT2D eigenvalue weighted by atomic mass is 32.1. The van der Waals surface area contributed by atoms with E-state index in [-0.39, 0.29) is 6.04 Å². The second-order valence-electron chi connectivity index (χ2n) is 3.58. The Kier molecular flexibility index (Phi) is 3.05. The van der Waals surface area contributed by atoms with Crippen molar-refractivity contribution < 1.29 is 5.73 Å². The van der Waals surface area contributed by atoms with Gasteiger partial charge in [0, 0.05) is 6.42 Å². The Morgan fingerprint density at radius 3 is 2.69 bits per heavy atom. The molecule has 0 aliphatic rings. The molecule has 0 radical (unpaired) electrons. The van der Waals surface area contributed by atoms with Gasteiger partial charge in [0.15, 0.2) is 0 Å². The summed E-state index contributed by atoms with van der Waals surface area (Å²) in [7, 11) is 0. The summed E-state index contributed by atoms with van der Waals surface area (Å²) in [6.07, 6.45) is 0.955. The van der Waals surface area contributed by atoms with E-state index in [4.69, 9.17) is 18.1 Å². The first-order chi connectivity index (χ1) is 6.02. The number of aromatic amines is 1. The number of nitrogen functional groups attached to an aromatic ring is 1. The molecular weight excluding hydrogens is 186 g/mol. The number of nitrogens with one attached hydrogen (secondary N) is 1. The number of hydrogen-bond acceptors (Lipinski definition) is 3. The summed E-state index contributed by atoms with van der Waals surface area (Å²) in [5.74, 6) is 6.96. The van der Waals surface area contributed by atoms with E-state index in [0.29, 0.717) is 10.7 Å². The molecular formula is C7H16N5S+. The van der Waals surface area contributed by atoms with Crippen molar-refractivity contribution >= 4 is 12.2 Å². The maximum atomic E-state index is 5.66. The molecule has 0 unspecified atom stereocenters. The normalized spacial score (nSPS) is 13.5. The van der Waals surface area contributed by atoms with Crippen LogP contribution in [0.25, 0.3) is 0 Å². The van der Waals surface area contributed by atoms with Crippen molar-refractivity contribution in [3.8, 4) is 0 Å². The Hall–Kier alpha value is -0.880. The van der Waals surface area contributed by atoms with Gasteiger partial charge in [0.1, 0.15) is 6.04 Å². The lowest BCUT2D eigenvalue weighted by molar-refractivity contribution is -0.432. The summed E-state index contributed by atoms with van der Waals surface area (Å²) in [4.78, 5) is 0. The zero-order valence-corrected chi connectivity index (χ0v) is 8.77. The third-order valence-electron chi connectivity index (χ3n) is 1.85.